The van der Waals surface area contributed by atoms with Gasteiger partial charge in [-0.05, 0) is 6.07 Å². The highest BCUT2D eigenvalue weighted by Gasteiger charge is 2.27. The number of benzene rings is 1. The van der Waals surface area contributed by atoms with E-state index in [9.17, 15) is 26.7 Å². The lowest BCUT2D eigenvalue weighted by Crippen LogP contribution is -2.39. The van der Waals surface area contributed by atoms with Crippen LogP contribution in [0, 0.1) is 17.5 Å². The highest BCUT2D eigenvalue weighted by Crippen LogP contribution is 2.26. The van der Waals surface area contributed by atoms with Gasteiger partial charge in [-0.3, -0.25) is 4.79 Å². The van der Waals surface area contributed by atoms with Crippen LogP contribution in [0.4, 0.5) is 22.0 Å². The van der Waals surface area contributed by atoms with Crippen LogP contribution in [0.3, 0.4) is 0 Å². The summed E-state index contributed by atoms with van der Waals surface area (Å²) in [5.74, 6) is -8.25. The van der Waals surface area contributed by atoms with Crippen LogP contribution >= 0.6 is 0 Å². The molecule has 0 unspecified atom stereocenters. The fourth-order valence-electron chi connectivity index (χ4n) is 1.51. The van der Waals surface area contributed by atoms with Crippen LogP contribution in [0.5, 0.6) is 5.75 Å². The predicted molar refractivity (Wildman–Crippen MR) is 58.9 cm³/mol. The van der Waals surface area contributed by atoms with Crippen LogP contribution in [0.2, 0.25) is 0 Å². The minimum Gasteiger partial charge on any atom is -0.503 e. The molecule has 0 fully saturated rings. The Labute approximate surface area is 110 Å². The Morgan fingerprint density at radius 1 is 1.30 bits per heavy atom. The first-order chi connectivity index (χ1) is 9.29. The highest BCUT2D eigenvalue weighted by molar-refractivity contribution is 5.95. The van der Waals surface area contributed by atoms with Gasteiger partial charge in [0, 0.05) is 13.1 Å². The summed E-state index contributed by atoms with van der Waals surface area (Å²) in [4.78, 5) is 12.3. The summed E-state index contributed by atoms with van der Waals surface area (Å²) in [5, 5.41) is 8.98. The average Bonchev–Trinajstić information content (AvgIpc) is 2.39. The molecule has 0 spiro atoms. The van der Waals surface area contributed by atoms with Gasteiger partial charge < -0.3 is 15.7 Å². The van der Waals surface area contributed by atoms with Crippen LogP contribution in [0.15, 0.2) is 6.07 Å². The third-order valence-corrected chi connectivity index (χ3v) is 2.41. The Balaban J connectivity index is 3.18. The molecule has 0 aliphatic carbocycles. The number of hydrogen-bond donors (Lipinski definition) is 2. The largest absolute Gasteiger partial charge is 0.503 e. The maximum absolute atomic E-state index is 13.5. The average molecular weight is 298 g/mol. The van der Waals surface area contributed by atoms with Gasteiger partial charge in [0.05, 0.1) is 12.1 Å². The molecule has 3 N–H and O–H groups in total. The molecule has 0 saturated heterocycles. The van der Waals surface area contributed by atoms with Gasteiger partial charge in [0.1, 0.15) is 0 Å². The smallest absolute Gasteiger partial charge is 0.257 e. The molecule has 20 heavy (non-hydrogen) atoms. The van der Waals surface area contributed by atoms with Crippen molar-refractivity contribution in [3.05, 3.63) is 29.1 Å². The van der Waals surface area contributed by atoms with Gasteiger partial charge in [0.25, 0.3) is 12.3 Å². The van der Waals surface area contributed by atoms with Crippen molar-refractivity contribution in [2.45, 2.75) is 6.43 Å². The van der Waals surface area contributed by atoms with Gasteiger partial charge in [-0.1, -0.05) is 0 Å². The normalized spacial score (nSPS) is 10.9. The molecule has 0 radical (unpaired) electrons. The number of rotatable bonds is 5. The number of phenols is 1. The first kappa shape index (κ1) is 16.2. The maximum Gasteiger partial charge on any atom is 0.257 e. The SMILES string of the molecule is NCCN(CC(F)F)C(=O)c1cc(F)c(F)c(O)c1F. The second-order valence-electron chi connectivity index (χ2n) is 3.81. The van der Waals surface area contributed by atoms with Gasteiger partial charge in [-0.2, -0.15) is 4.39 Å². The summed E-state index contributed by atoms with van der Waals surface area (Å²) in [7, 11) is 0. The van der Waals surface area contributed by atoms with Gasteiger partial charge in [0.15, 0.2) is 17.4 Å². The Morgan fingerprint density at radius 2 is 1.90 bits per heavy atom. The second kappa shape index (κ2) is 6.51. The summed E-state index contributed by atoms with van der Waals surface area (Å²) in [6.45, 7) is -1.56. The van der Waals surface area contributed by atoms with E-state index in [2.05, 4.69) is 0 Å². The van der Waals surface area contributed by atoms with Crippen molar-refractivity contribution >= 4 is 5.91 Å². The molecule has 9 heteroatoms. The van der Waals surface area contributed by atoms with Crippen LogP contribution in [-0.2, 0) is 0 Å². The predicted octanol–water partition coefficient (Wildman–Crippen LogP) is 1.48. The molecule has 0 aromatic heterocycles. The quantitative estimate of drug-likeness (QED) is 0.639. The number of nitrogens with two attached hydrogens (primary N) is 1. The Bertz CT molecular complexity index is 510. The lowest BCUT2D eigenvalue weighted by atomic mass is 10.1. The minimum absolute atomic E-state index is 0.185. The van der Waals surface area contributed by atoms with Crippen LogP contribution in [0.1, 0.15) is 10.4 Å². The van der Waals surface area contributed by atoms with E-state index in [1.165, 1.54) is 0 Å². The number of amides is 1. The lowest BCUT2D eigenvalue weighted by molar-refractivity contribution is 0.0557. The zero-order chi connectivity index (χ0) is 15.4. The van der Waals surface area contributed by atoms with Gasteiger partial charge in [-0.15, -0.1) is 0 Å². The van der Waals surface area contributed by atoms with Crippen LogP contribution in [-0.4, -0.2) is 42.0 Å². The van der Waals surface area contributed by atoms with Gasteiger partial charge in [-0.25, -0.2) is 17.6 Å². The first-order valence-corrected chi connectivity index (χ1v) is 5.43. The number of hydrogen-bond acceptors (Lipinski definition) is 3. The van der Waals surface area contributed by atoms with Gasteiger partial charge >= 0.3 is 0 Å². The zero-order valence-electron chi connectivity index (χ0n) is 10.0. The number of carbonyl (C=O) groups excluding carboxylic acids is 1. The number of phenolic OH excluding ortho intramolecular Hbond substituents is 1. The number of alkyl halides is 2. The van der Waals surface area contributed by atoms with E-state index in [4.69, 9.17) is 10.8 Å². The first-order valence-electron chi connectivity index (χ1n) is 5.43. The van der Waals surface area contributed by atoms with E-state index >= 15 is 0 Å². The second-order valence-corrected chi connectivity index (χ2v) is 3.81. The van der Waals surface area contributed by atoms with E-state index in [1.807, 2.05) is 0 Å². The standard InChI is InChI=1S/C11H11F5N2O2/c12-6-3-5(8(15)10(19)9(6)16)11(20)18(2-1-17)4-7(13)14/h3,7,19H,1-2,4,17H2. The molecule has 1 amide bonds. The van der Waals surface area contributed by atoms with Crippen molar-refractivity contribution in [3.8, 4) is 5.75 Å². The Morgan fingerprint density at radius 3 is 2.40 bits per heavy atom. The van der Waals surface area contributed by atoms with Crippen molar-refractivity contribution in [2.75, 3.05) is 19.6 Å². The molecule has 1 rings (SSSR count). The van der Waals surface area contributed by atoms with E-state index in [0.717, 1.165) is 0 Å². The summed E-state index contributed by atoms with van der Waals surface area (Å²) in [6, 6.07) is 0.196. The fraction of sp³-hybridized carbons (Fsp3) is 0.364. The maximum atomic E-state index is 13.5. The monoisotopic (exact) mass is 298 g/mol. The van der Waals surface area contributed by atoms with E-state index in [-0.39, 0.29) is 19.2 Å². The van der Waals surface area contributed by atoms with Crippen LogP contribution in [0.25, 0.3) is 0 Å². The van der Waals surface area contributed by atoms with Crippen LogP contribution < -0.4 is 5.73 Å². The number of aromatic hydroxyl groups is 1. The van der Waals surface area contributed by atoms with E-state index < -0.39 is 47.6 Å². The molecule has 0 atom stereocenters. The third-order valence-electron chi connectivity index (χ3n) is 2.41. The number of carbonyl (C=O) groups is 1. The van der Waals surface area contributed by atoms with E-state index in [1.54, 1.807) is 0 Å². The number of nitrogens with zero attached hydrogens (tertiary/aromatic N) is 1. The summed E-state index contributed by atoms with van der Waals surface area (Å²) in [5.41, 5.74) is 4.08. The minimum atomic E-state index is -2.91. The molecule has 0 aliphatic heterocycles. The number of halogens is 5. The fourth-order valence-corrected chi connectivity index (χ4v) is 1.51. The van der Waals surface area contributed by atoms with Crippen molar-refractivity contribution in [2.24, 2.45) is 5.73 Å². The molecule has 1 aromatic carbocycles. The summed E-state index contributed by atoms with van der Waals surface area (Å²) < 4.78 is 64.0. The van der Waals surface area contributed by atoms with E-state index in [0.29, 0.717) is 4.90 Å². The highest BCUT2D eigenvalue weighted by atomic mass is 19.3. The topological polar surface area (TPSA) is 66.6 Å². The van der Waals surface area contributed by atoms with Crippen molar-refractivity contribution < 1.29 is 31.9 Å². The molecule has 0 aliphatic rings. The zero-order valence-corrected chi connectivity index (χ0v) is 10.0. The molecule has 4 nitrogen and oxygen atoms in total. The molecule has 0 saturated carbocycles. The molecule has 0 bridgehead atoms. The van der Waals surface area contributed by atoms with Gasteiger partial charge in [0.2, 0.25) is 5.82 Å². The molecule has 1 aromatic rings. The lowest BCUT2D eigenvalue weighted by Gasteiger charge is -2.22. The van der Waals surface area contributed by atoms with Crippen molar-refractivity contribution in [1.29, 1.82) is 0 Å². The summed E-state index contributed by atoms with van der Waals surface area (Å²) in [6.07, 6.45) is -2.91. The Hall–Kier alpha value is -1.90. The third kappa shape index (κ3) is 3.35. The molecule has 112 valence electrons. The Kier molecular flexibility index (Phi) is 5.26. The molecule has 0 heterocycles. The molecular formula is C11H11F5N2O2. The van der Waals surface area contributed by atoms with Crippen molar-refractivity contribution in [1.82, 2.24) is 4.90 Å². The summed E-state index contributed by atoms with van der Waals surface area (Å²) >= 11 is 0. The molecular weight excluding hydrogens is 287 g/mol. The van der Waals surface area contributed by atoms with Crippen molar-refractivity contribution in [3.63, 3.8) is 0 Å².